The van der Waals surface area contributed by atoms with Gasteiger partial charge < -0.3 is 0 Å². The number of allylic oxidation sites excluding steroid dienone is 3. The van der Waals surface area contributed by atoms with Crippen molar-refractivity contribution in [1.82, 2.24) is 9.80 Å². The van der Waals surface area contributed by atoms with E-state index in [4.69, 9.17) is 0 Å². The van der Waals surface area contributed by atoms with E-state index in [-0.39, 0.29) is 24.7 Å². The molecule has 3 aliphatic rings. The third-order valence-corrected chi connectivity index (χ3v) is 4.59. The predicted octanol–water partition coefficient (Wildman–Crippen LogP) is 0.395. The van der Waals surface area contributed by atoms with Gasteiger partial charge in [0.1, 0.15) is 6.04 Å². The van der Waals surface area contributed by atoms with Gasteiger partial charge in [-0.2, -0.15) is 0 Å². The standard InChI is InChI=1S/C15H16N2O4/c1-15-8-4-3-5-9(15)12(19)17(14(15)21)10-6-7-11(18)16(2)13(10)20/h3-5,10H,6-8H2,1-2H3. The van der Waals surface area contributed by atoms with Crippen LogP contribution in [-0.4, -0.2) is 46.5 Å². The van der Waals surface area contributed by atoms with Crippen LogP contribution in [0.2, 0.25) is 0 Å². The minimum absolute atomic E-state index is 0.165. The van der Waals surface area contributed by atoms with Crippen molar-refractivity contribution >= 4 is 23.6 Å². The number of carbonyl (C=O) groups excluding carboxylic acids is 4. The number of likely N-dealkylation sites (tertiary alicyclic amines) is 2. The SMILES string of the molecule is CN1C(=O)CCC(N2C(=O)C3=CC=CCC3(C)C2=O)C1=O. The molecule has 110 valence electrons. The highest BCUT2D eigenvalue weighted by atomic mass is 16.2. The van der Waals surface area contributed by atoms with E-state index in [2.05, 4.69) is 0 Å². The maximum atomic E-state index is 12.7. The van der Waals surface area contributed by atoms with Crippen molar-refractivity contribution in [2.75, 3.05) is 7.05 Å². The number of likely N-dealkylation sites (N-methyl/N-ethyl adjacent to an activating group) is 1. The normalized spacial score (nSPS) is 32.7. The van der Waals surface area contributed by atoms with Gasteiger partial charge in [0.15, 0.2) is 0 Å². The number of carbonyl (C=O) groups is 4. The summed E-state index contributed by atoms with van der Waals surface area (Å²) in [5.74, 6) is -1.51. The first-order chi connectivity index (χ1) is 9.88. The molecule has 21 heavy (non-hydrogen) atoms. The zero-order valence-electron chi connectivity index (χ0n) is 12.0. The average molecular weight is 288 g/mol. The second-order valence-corrected chi connectivity index (χ2v) is 5.87. The lowest BCUT2D eigenvalue weighted by Crippen LogP contribution is -2.55. The fraction of sp³-hybridized carbons (Fsp3) is 0.467. The maximum absolute atomic E-state index is 12.7. The molecule has 6 heteroatoms. The topological polar surface area (TPSA) is 74.8 Å². The third kappa shape index (κ3) is 1.71. The molecule has 0 bridgehead atoms. The van der Waals surface area contributed by atoms with Gasteiger partial charge in [0.25, 0.3) is 11.8 Å². The molecule has 0 aromatic heterocycles. The quantitative estimate of drug-likeness (QED) is 0.654. The van der Waals surface area contributed by atoms with Crippen LogP contribution in [0.25, 0.3) is 0 Å². The van der Waals surface area contributed by atoms with Crippen molar-refractivity contribution in [2.45, 2.75) is 32.2 Å². The van der Waals surface area contributed by atoms with Crippen LogP contribution in [0.4, 0.5) is 0 Å². The second kappa shape index (κ2) is 4.38. The number of hydrogen-bond acceptors (Lipinski definition) is 4. The van der Waals surface area contributed by atoms with Crippen molar-refractivity contribution in [1.29, 1.82) is 0 Å². The Morgan fingerprint density at radius 3 is 2.62 bits per heavy atom. The van der Waals surface area contributed by atoms with Gasteiger partial charge in [-0.25, -0.2) is 0 Å². The zero-order valence-corrected chi connectivity index (χ0v) is 12.0. The number of fused-ring (bicyclic) bond motifs is 1. The van der Waals surface area contributed by atoms with E-state index in [1.54, 1.807) is 19.1 Å². The van der Waals surface area contributed by atoms with Crippen LogP contribution in [0, 0.1) is 5.41 Å². The Labute approximate surface area is 122 Å². The Hall–Kier alpha value is -2.24. The van der Waals surface area contributed by atoms with E-state index in [1.165, 1.54) is 7.05 Å². The molecule has 2 fully saturated rings. The Morgan fingerprint density at radius 2 is 1.95 bits per heavy atom. The van der Waals surface area contributed by atoms with E-state index in [0.717, 1.165) is 9.80 Å². The van der Waals surface area contributed by atoms with Crippen LogP contribution in [0.3, 0.4) is 0 Å². The molecule has 2 saturated heterocycles. The molecule has 2 unspecified atom stereocenters. The first kappa shape index (κ1) is 13.7. The maximum Gasteiger partial charge on any atom is 0.258 e. The van der Waals surface area contributed by atoms with Gasteiger partial charge in [-0.1, -0.05) is 18.2 Å². The third-order valence-electron chi connectivity index (χ3n) is 4.59. The van der Waals surface area contributed by atoms with Crippen molar-refractivity contribution in [3.63, 3.8) is 0 Å². The van der Waals surface area contributed by atoms with Gasteiger partial charge in [-0.3, -0.25) is 29.0 Å². The van der Waals surface area contributed by atoms with Gasteiger partial charge in [-0.15, -0.1) is 0 Å². The summed E-state index contributed by atoms with van der Waals surface area (Å²) in [6.45, 7) is 1.73. The molecule has 0 radical (unpaired) electrons. The molecule has 6 nitrogen and oxygen atoms in total. The van der Waals surface area contributed by atoms with Crippen LogP contribution >= 0.6 is 0 Å². The predicted molar refractivity (Wildman–Crippen MR) is 72.6 cm³/mol. The van der Waals surface area contributed by atoms with E-state index in [1.807, 2.05) is 6.08 Å². The van der Waals surface area contributed by atoms with Gasteiger partial charge in [0, 0.05) is 19.0 Å². The van der Waals surface area contributed by atoms with E-state index >= 15 is 0 Å². The molecular weight excluding hydrogens is 272 g/mol. The van der Waals surface area contributed by atoms with Gasteiger partial charge >= 0.3 is 0 Å². The smallest absolute Gasteiger partial charge is 0.258 e. The van der Waals surface area contributed by atoms with Crippen molar-refractivity contribution in [3.05, 3.63) is 23.8 Å². The summed E-state index contributed by atoms with van der Waals surface area (Å²) in [5.41, 5.74) is -0.450. The molecule has 1 aliphatic carbocycles. The van der Waals surface area contributed by atoms with E-state index < -0.39 is 23.3 Å². The fourth-order valence-electron chi connectivity index (χ4n) is 3.18. The number of nitrogens with zero attached hydrogens (tertiary/aromatic N) is 2. The molecule has 0 aromatic carbocycles. The highest BCUT2D eigenvalue weighted by molar-refractivity contribution is 6.19. The summed E-state index contributed by atoms with van der Waals surface area (Å²) in [6.07, 6.45) is 6.07. The lowest BCUT2D eigenvalue weighted by molar-refractivity contribution is -0.159. The van der Waals surface area contributed by atoms with Crippen molar-refractivity contribution < 1.29 is 19.2 Å². The highest BCUT2D eigenvalue weighted by Crippen LogP contribution is 2.44. The Morgan fingerprint density at radius 1 is 1.24 bits per heavy atom. The minimum atomic E-state index is -0.883. The fourth-order valence-corrected chi connectivity index (χ4v) is 3.18. The highest BCUT2D eigenvalue weighted by Gasteiger charge is 2.56. The Balaban J connectivity index is 1.98. The second-order valence-electron chi connectivity index (χ2n) is 5.87. The summed E-state index contributed by atoms with van der Waals surface area (Å²) >= 11 is 0. The largest absolute Gasteiger partial charge is 0.284 e. The molecule has 2 heterocycles. The first-order valence-electron chi connectivity index (χ1n) is 6.93. The average Bonchev–Trinajstić information content (AvgIpc) is 2.66. The summed E-state index contributed by atoms with van der Waals surface area (Å²) in [4.78, 5) is 51.1. The number of hydrogen-bond donors (Lipinski definition) is 0. The van der Waals surface area contributed by atoms with E-state index in [9.17, 15) is 19.2 Å². The molecule has 2 atom stereocenters. The number of amides is 4. The van der Waals surface area contributed by atoms with Crippen LogP contribution in [-0.2, 0) is 19.2 Å². The molecule has 3 rings (SSSR count). The van der Waals surface area contributed by atoms with Gasteiger partial charge in [0.05, 0.1) is 5.41 Å². The summed E-state index contributed by atoms with van der Waals surface area (Å²) < 4.78 is 0. The molecule has 0 aromatic rings. The number of piperidine rings is 1. The lowest BCUT2D eigenvalue weighted by atomic mass is 9.78. The van der Waals surface area contributed by atoms with Crippen LogP contribution in [0.5, 0.6) is 0 Å². The number of rotatable bonds is 1. The summed E-state index contributed by atoms with van der Waals surface area (Å²) in [6, 6.07) is -0.865. The van der Waals surface area contributed by atoms with Gasteiger partial charge in [-0.05, 0) is 19.8 Å². The lowest BCUT2D eigenvalue weighted by Gasteiger charge is -2.33. The summed E-state index contributed by atoms with van der Waals surface area (Å²) in [5, 5.41) is 0. The summed E-state index contributed by atoms with van der Waals surface area (Å²) in [7, 11) is 1.39. The Bertz CT molecular complexity index is 634. The molecule has 0 N–H and O–H groups in total. The molecular formula is C15H16N2O4. The molecule has 4 amide bonds. The van der Waals surface area contributed by atoms with Crippen molar-refractivity contribution in [2.24, 2.45) is 5.41 Å². The van der Waals surface area contributed by atoms with E-state index in [0.29, 0.717) is 12.0 Å². The molecule has 0 spiro atoms. The monoisotopic (exact) mass is 288 g/mol. The van der Waals surface area contributed by atoms with Crippen LogP contribution < -0.4 is 0 Å². The number of imide groups is 2. The minimum Gasteiger partial charge on any atom is -0.284 e. The van der Waals surface area contributed by atoms with Crippen LogP contribution in [0.1, 0.15) is 26.2 Å². The first-order valence-corrected chi connectivity index (χ1v) is 6.93. The Kier molecular flexibility index (Phi) is 2.86. The van der Waals surface area contributed by atoms with Gasteiger partial charge in [0.2, 0.25) is 11.8 Å². The molecule has 0 saturated carbocycles. The zero-order chi connectivity index (χ0) is 15.4. The molecule has 2 aliphatic heterocycles. The van der Waals surface area contributed by atoms with Crippen LogP contribution in [0.15, 0.2) is 23.8 Å². The van der Waals surface area contributed by atoms with Crippen molar-refractivity contribution in [3.8, 4) is 0 Å².